The predicted molar refractivity (Wildman–Crippen MR) is 112 cm³/mol. The van der Waals surface area contributed by atoms with Crippen LogP contribution >= 0.6 is 0 Å². The number of fused-ring (bicyclic) bond motifs is 1. The molecule has 0 spiro atoms. The van der Waals surface area contributed by atoms with Gasteiger partial charge in [-0.1, -0.05) is 42.5 Å². The van der Waals surface area contributed by atoms with Gasteiger partial charge in [0.25, 0.3) is 5.91 Å². The number of carbonyl (C=O) groups is 2. The summed E-state index contributed by atoms with van der Waals surface area (Å²) in [6.07, 6.45) is 0. The molecule has 0 fully saturated rings. The zero-order valence-corrected chi connectivity index (χ0v) is 16.0. The molecule has 0 radical (unpaired) electrons. The maximum Gasteiger partial charge on any atom is 0.251 e. The third kappa shape index (κ3) is 3.65. The third-order valence-corrected chi connectivity index (χ3v) is 5.01. The molecule has 3 aromatic rings. The molecule has 4 rings (SSSR count). The van der Waals surface area contributed by atoms with E-state index < -0.39 is 11.9 Å². The van der Waals surface area contributed by atoms with Crippen LogP contribution in [0.5, 0.6) is 5.75 Å². The molecule has 0 saturated carbocycles. The first kappa shape index (κ1) is 18.6. The molecule has 1 aliphatic rings. The van der Waals surface area contributed by atoms with Crippen molar-refractivity contribution in [3.63, 3.8) is 0 Å². The van der Waals surface area contributed by atoms with Gasteiger partial charge < -0.3 is 20.7 Å². The number of anilines is 2. The first-order valence-corrected chi connectivity index (χ1v) is 9.26. The molecule has 1 aliphatic heterocycles. The van der Waals surface area contributed by atoms with Crippen LogP contribution in [-0.4, -0.2) is 18.9 Å². The Kier molecular flexibility index (Phi) is 4.91. The largest absolute Gasteiger partial charge is 0.497 e. The number of rotatable bonds is 5. The SMILES string of the molecule is COc1cccc(CN2c3ccc(C(N)=O)cc3NC(=O)[C@@H]2c2ccccc2)c1. The molecule has 0 unspecified atom stereocenters. The summed E-state index contributed by atoms with van der Waals surface area (Å²) in [5.41, 5.74) is 9.05. The average molecular weight is 387 g/mol. The minimum Gasteiger partial charge on any atom is -0.497 e. The van der Waals surface area contributed by atoms with Crippen LogP contribution in [0.2, 0.25) is 0 Å². The number of nitrogens with one attached hydrogen (secondary N) is 1. The lowest BCUT2D eigenvalue weighted by Gasteiger charge is -2.38. The number of benzene rings is 3. The maximum absolute atomic E-state index is 13.1. The predicted octanol–water partition coefficient (Wildman–Crippen LogP) is 3.49. The molecule has 3 aromatic carbocycles. The molecule has 3 N–H and O–H groups in total. The van der Waals surface area contributed by atoms with Crippen LogP contribution in [0, 0.1) is 0 Å². The lowest BCUT2D eigenvalue weighted by atomic mass is 9.98. The van der Waals surface area contributed by atoms with Crippen LogP contribution in [0.3, 0.4) is 0 Å². The molecule has 1 heterocycles. The Morgan fingerprint density at radius 2 is 1.86 bits per heavy atom. The number of nitrogens with zero attached hydrogens (tertiary/aromatic N) is 1. The summed E-state index contributed by atoms with van der Waals surface area (Å²) in [6.45, 7) is 0.493. The fourth-order valence-corrected chi connectivity index (χ4v) is 3.63. The van der Waals surface area contributed by atoms with Crippen molar-refractivity contribution >= 4 is 23.2 Å². The van der Waals surface area contributed by atoms with Gasteiger partial charge in [-0.2, -0.15) is 0 Å². The van der Waals surface area contributed by atoms with Crippen molar-refractivity contribution in [3.05, 3.63) is 89.5 Å². The Morgan fingerprint density at radius 1 is 1.07 bits per heavy atom. The molecule has 0 aliphatic carbocycles. The third-order valence-electron chi connectivity index (χ3n) is 5.01. The van der Waals surface area contributed by atoms with Crippen LogP contribution in [0.4, 0.5) is 11.4 Å². The van der Waals surface area contributed by atoms with Crippen molar-refractivity contribution in [2.45, 2.75) is 12.6 Å². The van der Waals surface area contributed by atoms with Crippen molar-refractivity contribution < 1.29 is 14.3 Å². The monoisotopic (exact) mass is 387 g/mol. The molecular formula is C23H21N3O3. The van der Waals surface area contributed by atoms with Gasteiger partial charge in [-0.05, 0) is 41.5 Å². The van der Waals surface area contributed by atoms with Gasteiger partial charge in [0.15, 0.2) is 0 Å². The number of primary amides is 1. The minimum atomic E-state index is -0.536. The number of carbonyl (C=O) groups excluding carboxylic acids is 2. The number of nitrogens with two attached hydrogens (primary N) is 1. The quantitative estimate of drug-likeness (QED) is 0.702. The summed E-state index contributed by atoms with van der Waals surface area (Å²) in [5, 5.41) is 2.93. The Balaban J connectivity index is 1.81. The molecular weight excluding hydrogens is 366 g/mol. The van der Waals surface area contributed by atoms with Crippen LogP contribution in [-0.2, 0) is 11.3 Å². The van der Waals surface area contributed by atoms with Crippen LogP contribution in [0.15, 0.2) is 72.8 Å². The highest BCUT2D eigenvalue weighted by Crippen LogP contribution is 2.40. The van der Waals surface area contributed by atoms with Gasteiger partial charge in [-0.15, -0.1) is 0 Å². The van der Waals surface area contributed by atoms with Gasteiger partial charge in [0.2, 0.25) is 5.91 Å². The molecule has 1 atom stereocenters. The molecule has 0 aromatic heterocycles. The summed E-state index contributed by atoms with van der Waals surface area (Å²) in [5.74, 6) is 0.0596. The fourth-order valence-electron chi connectivity index (χ4n) is 3.63. The summed E-state index contributed by atoms with van der Waals surface area (Å²) in [6, 6.07) is 22.0. The van der Waals surface area contributed by atoms with E-state index in [1.54, 1.807) is 19.2 Å². The van der Waals surface area contributed by atoms with E-state index >= 15 is 0 Å². The van der Waals surface area contributed by atoms with E-state index in [1.165, 1.54) is 0 Å². The first-order chi connectivity index (χ1) is 14.1. The van der Waals surface area contributed by atoms with E-state index in [2.05, 4.69) is 5.32 Å². The van der Waals surface area contributed by atoms with Gasteiger partial charge in [-0.25, -0.2) is 0 Å². The van der Waals surface area contributed by atoms with Crippen molar-refractivity contribution in [1.82, 2.24) is 0 Å². The second kappa shape index (κ2) is 7.67. The highest BCUT2D eigenvalue weighted by atomic mass is 16.5. The summed E-state index contributed by atoms with van der Waals surface area (Å²) >= 11 is 0. The summed E-state index contributed by atoms with van der Waals surface area (Å²) < 4.78 is 5.34. The number of ether oxygens (including phenoxy) is 1. The number of hydrogen-bond acceptors (Lipinski definition) is 4. The van der Waals surface area contributed by atoms with E-state index in [1.807, 2.05) is 65.6 Å². The second-order valence-electron chi connectivity index (χ2n) is 6.88. The van der Waals surface area contributed by atoms with E-state index in [0.717, 1.165) is 22.6 Å². The molecule has 2 amide bonds. The van der Waals surface area contributed by atoms with E-state index in [-0.39, 0.29) is 5.91 Å². The van der Waals surface area contributed by atoms with Gasteiger partial charge in [0, 0.05) is 12.1 Å². The first-order valence-electron chi connectivity index (χ1n) is 9.26. The Bertz CT molecular complexity index is 1070. The average Bonchev–Trinajstić information content (AvgIpc) is 2.74. The Labute approximate surface area is 168 Å². The number of methoxy groups -OCH3 is 1. The molecule has 6 heteroatoms. The minimum absolute atomic E-state index is 0.159. The van der Waals surface area contributed by atoms with Gasteiger partial charge in [0.05, 0.1) is 18.5 Å². The highest BCUT2D eigenvalue weighted by molar-refractivity contribution is 6.06. The number of hydrogen-bond donors (Lipinski definition) is 2. The smallest absolute Gasteiger partial charge is 0.251 e. The van der Waals surface area contributed by atoms with Gasteiger partial charge in [0.1, 0.15) is 11.8 Å². The normalized spacial score (nSPS) is 15.4. The lowest BCUT2D eigenvalue weighted by molar-refractivity contribution is -0.117. The molecule has 0 saturated heterocycles. The van der Waals surface area contributed by atoms with Crippen LogP contribution in [0.1, 0.15) is 27.5 Å². The molecule has 0 bridgehead atoms. The summed E-state index contributed by atoms with van der Waals surface area (Å²) in [7, 11) is 1.63. The van der Waals surface area contributed by atoms with Gasteiger partial charge >= 0.3 is 0 Å². The molecule has 6 nitrogen and oxygen atoms in total. The summed E-state index contributed by atoms with van der Waals surface area (Å²) in [4.78, 5) is 26.7. The molecule has 29 heavy (non-hydrogen) atoms. The highest BCUT2D eigenvalue weighted by Gasteiger charge is 2.34. The second-order valence-corrected chi connectivity index (χ2v) is 6.88. The van der Waals surface area contributed by atoms with Crippen molar-refractivity contribution in [2.24, 2.45) is 5.73 Å². The topological polar surface area (TPSA) is 84.7 Å². The van der Waals surface area contributed by atoms with Crippen LogP contribution in [0.25, 0.3) is 0 Å². The van der Waals surface area contributed by atoms with Crippen molar-refractivity contribution in [1.29, 1.82) is 0 Å². The van der Waals surface area contributed by atoms with Crippen LogP contribution < -0.4 is 20.7 Å². The van der Waals surface area contributed by atoms with Crippen molar-refractivity contribution in [2.75, 3.05) is 17.3 Å². The zero-order chi connectivity index (χ0) is 20.4. The van der Waals surface area contributed by atoms with Gasteiger partial charge in [-0.3, -0.25) is 9.59 Å². The zero-order valence-electron chi connectivity index (χ0n) is 16.0. The molecule has 146 valence electrons. The maximum atomic E-state index is 13.1. The lowest BCUT2D eigenvalue weighted by Crippen LogP contribution is -2.41. The van der Waals surface area contributed by atoms with E-state index in [9.17, 15) is 9.59 Å². The van der Waals surface area contributed by atoms with Crippen molar-refractivity contribution in [3.8, 4) is 5.75 Å². The number of amides is 2. The van der Waals surface area contributed by atoms with E-state index in [0.29, 0.717) is 17.8 Å². The fraction of sp³-hybridized carbons (Fsp3) is 0.130. The standard InChI is InChI=1S/C23H21N3O3/c1-29-18-9-5-6-15(12-18)14-26-20-11-10-17(22(24)27)13-19(20)25-23(28)21(26)16-7-3-2-4-8-16/h2-13,21H,14H2,1H3,(H2,24,27)(H,25,28)/t21-/m0/s1. The Hall–Kier alpha value is -3.80. The Morgan fingerprint density at radius 3 is 2.59 bits per heavy atom. The van der Waals surface area contributed by atoms with E-state index in [4.69, 9.17) is 10.5 Å².